The number of hydrogen-bond donors (Lipinski definition) is 2. The summed E-state index contributed by atoms with van der Waals surface area (Å²) in [5.41, 5.74) is 0. The lowest BCUT2D eigenvalue weighted by Crippen LogP contribution is -2.61. The van der Waals surface area contributed by atoms with E-state index in [2.05, 4.69) is 5.32 Å². The van der Waals surface area contributed by atoms with Gasteiger partial charge in [-0.15, -0.1) is 0 Å². The van der Waals surface area contributed by atoms with E-state index in [0.717, 1.165) is 4.90 Å². The number of ketones is 3. The van der Waals surface area contributed by atoms with Gasteiger partial charge in [0.15, 0.2) is 17.3 Å². The van der Waals surface area contributed by atoms with Crippen molar-refractivity contribution in [1.29, 1.82) is 0 Å². The molecule has 0 bridgehead atoms. The predicted molar refractivity (Wildman–Crippen MR) is 332 cm³/mol. The Morgan fingerprint density at radius 1 is 0.494 bits per heavy atom. The zero-order valence-corrected chi connectivity index (χ0v) is 56.7. The summed E-state index contributed by atoms with van der Waals surface area (Å²) in [5, 5.41) is 14.9. The van der Waals surface area contributed by atoms with E-state index in [4.69, 9.17) is 0 Å². The number of amides is 8. The summed E-state index contributed by atoms with van der Waals surface area (Å²) >= 11 is 0. The van der Waals surface area contributed by atoms with Gasteiger partial charge in [0.25, 0.3) is 0 Å². The zero-order valence-electron chi connectivity index (χ0n) is 56.7. The minimum absolute atomic E-state index is 0.0648. The molecule has 0 spiro atoms. The molecule has 12 atom stereocenters. The van der Waals surface area contributed by atoms with Crippen molar-refractivity contribution in [2.45, 2.75) is 224 Å². The van der Waals surface area contributed by atoms with Crippen molar-refractivity contribution in [3.63, 3.8) is 0 Å². The fraction of sp³-hybridized carbons (Fsp3) is 0.800. The molecule has 486 valence electrons. The molecule has 0 aliphatic carbocycles. The molecule has 1 saturated heterocycles. The van der Waals surface area contributed by atoms with Crippen LogP contribution in [0, 0.1) is 59.2 Å². The van der Waals surface area contributed by atoms with E-state index < -0.39 is 144 Å². The SMILES string of the molecule is C/C=C/C[C@@H](C)[C@@H](O)[C@H]1C(=O)C[C@@H](CC)C(=O)N(C)CC(=O)N(C)[C@@H](CC(C)C)C(=O)C[C@@H](C(C)C)C(=O)N(C)[C@@H](CC(C)C)C(=O)C[C@@H](C)C(=O)N[C@H](C)C(=O)N(C)[C@@H](CC(C)C)C(=O)N(C)[C@@H](CC(C)C)C(=O)N(C)[C@H](C(C)C)C(=O)N1C. The molecule has 0 aromatic heterocycles. The fourth-order valence-corrected chi connectivity index (χ4v) is 11.5. The van der Waals surface area contributed by atoms with Gasteiger partial charge in [0.2, 0.25) is 47.3 Å². The smallest absolute Gasteiger partial charge is 0.246 e. The van der Waals surface area contributed by atoms with Gasteiger partial charge in [-0.25, -0.2) is 0 Å². The minimum atomic E-state index is -1.49. The summed E-state index contributed by atoms with van der Waals surface area (Å²) in [5.74, 6) is -10.7. The van der Waals surface area contributed by atoms with Crippen molar-refractivity contribution >= 4 is 64.6 Å². The Morgan fingerprint density at radius 3 is 1.36 bits per heavy atom. The van der Waals surface area contributed by atoms with Gasteiger partial charge in [-0.1, -0.05) is 116 Å². The molecule has 1 fully saturated rings. The number of hydrogen-bond acceptors (Lipinski definition) is 12. The quantitative estimate of drug-likeness (QED) is 0.166. The van der Waals surface area contributed by atoms with Crippen molar-refractivity contribution < 1.29 is 57.8 Å². The monoisotopic (exact) mass is 1200 g/mol. The summed E-state index contributed by atoms with van der Waals surface area (Å²) in [4.78, 5) is 170. The third-order valence-corrected chi connectivity index (χ3v) is 17.1. The van der Waals surface area contributed by atoms with Crippen LogP contribution in [0.25, 0.3) is 0 Å². The highest BCUT2D eigenvalue weighted by molar-refractivity contribution is 5.99. The molecule has 0 radical (unpaired) electrons. The topological polar surface area (TPSA) is 243 Å². The van der Waals surface area contributed by atoms with Crippen LogP contribution in [0.3, 0.4) is 0 Å². The van der Waals surface area contributed by atoms with Gasteiger partial charge in [0.1, 0.15) is 30.2 Å². The van der Waals surface area contributed by atoms with Crippen LogP contribution in [0.4, 0.5) is 0 Å². The molecule has 0 aromatic carbocycles. The van der Waals surface area contributed by atoms with Gasteiger partial charge in [-0.2, -0.15) is 0 Å². The van der Waals surface area contributed by atoms with Crippen molar-refractivity contribution in [2.75, 3.05) is 55.9 Å². The maximum atomic E-state index is 15.2. The average Bonchev–Trinajstić information content (AvgIpc) is 3.62. The first-order valence-corrected chi connectivity index (χ1v) is 31.2. The molecule has 1 rings (SSSR count). The highest BCUT2D eigenvalue weighted by atomic mass is 16.3. The number of allylic oxidation sites excluding steroid dienone is 2. The van der Waals surface area contributed by atoms with Crippen molar-refractivity contribution in [3.05, 3.63) is 12.2 Å². The molecule has 0 aromatic rings. The lowest BCUT2D eigenvalue weighted by molar-refractivity contribution is -0.157. The normalized spacial score (nSPS) is 27.2. The van der Waals surface area contributed by atoms with E-state index in [1.165, 1.54) is 85.7 Å². The summed E-state index contributed by atoms with van der Waals surface area (Å²) in [7, 11) is 10.2. The highest BCUT2D eigenvalue weighted by Gasteiger charge is 2.45. The summed E-state index contributed by atoms with van der Waals surface area (Å²) in [6, 6.07) is -8.09. The van der Waals surface area contributed by atoms with Crippen LogP contribution >= 0.6 is 0 Å². The lowest BCUT2D eigenvalue weighted by Gasteiger charge is -2.41. The maximum absolute atomic E-state index is 15.2. The predicted octanol–water partition coefficient (Wildman–Crippen LogP) is 6.54. The van der Waals surface area contributed by atoms with Crippen molar-refractivity contribution in [1.82, 2.24) is 39.6 Å². The molecular weight excluding hydrogens is 1080 g/mol. The van der Waals surface area contributed by atoms with E-state index in [1.54, 1.807) is 54.5 Å². The Kier molecular flexibility index (Phi) is 32.2. The summed E-state index contributed by atoms with van der Waals surface area (Å²) in [6.45, 7) is 30.1. The second-order valence-electron chi connectivity index (χ2n) is 27.0. The zero-order chi connectivity index (χ0) is 66.0. The van der Waals surface area contributed by atoms with Crippen molar-refractivity contribution in [3.8, 4) is 0 Å². The molecule has 20 heteroatoms. The number of likely N-dealkylation sites (N-methyl/N-ethyl adjacent to an activating group) is 7. The van der Waals surface area contributed by atoms with Gasteiger partial charge < -0.3 is 44.7 Å². The third-order valence-electron chi connectivity index (χ3n) is 17.1. The highest BCUT2D eigenvalue weighted by Crippen LogP contribution is 2.29. The number of rotatable bonds is 15. The summed E-state index contributed by atoms with van der Waals surface area (Å²) in [6.07, 6.45) is 2.59. The molecule has 1 aliphatic heterocycles. The Hall–Kier alpha value is -5.53. The maximum Gasteiger partial charge on any atom is 0.246 e. The second-order valence-corrected chi connectivity index (χ2v) is 27.0. The first-order chi connectivity index (χ1) is 39.2. The molecule has 0 unspecified atom stereocenters. The molecule has 2 N–H and O–H groups in total. The number of aliphatic hydroxyl groups excluding tert-OH is 1. The van der Waals surface area contributed by atoms with E-state index >= 15 is 9.59 Å². The molecule has 1 heterocycles. The van der Waals surface area contributed by atoms with Crippen LogP contribution in [-0.2, 0) is 52.7 Å². The van der Waals surface area contributed by atoms with E-state index in [0.29, 0.717) is 6.42 Å². The first kappa shape index (κ1) is 77.5. The molecule has 85 heavy (non-hydrogen) atoms. The van der Waals surface area contributed by atoms with Crippen LogP contribution < -0.4 is 5.32 Å². The van der Waals surface area contributed by atoms with Crippen LogP contribution in [-0.4, -0.2) is 208 Å². The first-order valence-electron chi connectivity index (χ1n) is 31.2. The van der Waals surface area contributed by atoms with E-state index in [-0.39, 0.29) is 86.1 Å². The number of carbonyl (C=O) groups is 11. The van der Waals surface area contributed by atoms with Gasteiger partial charge in [-0.3, -0.25) is 52.7 Å². The van der Waals surface area contributed by atoms with Gasteiger partial charge in [-0.05, 0) is 93.8 Å². The standard InChI is InChI=1S/C65H114N8O12/c1-25-27-28-43(15)58(78)57-54(76)34-46(26-2)61(81)67(18)36-55(77)68(19)48(29-37(3)4)53(75)35-47(41(11)12)62(82)69(20)49(30-38(5)6)52(74)33-44(16)59(79)66-45(17)60(80)70(21)50(31-39(7)8)63(83)71(22)51(32-40(9)10)64(84)72(23)56(42(13)14)65(85)73(57)24/h25,27,37-51,56-58,78H,26,28-36H2,1-24H3,(H,66,79)/b27-25+/t43-,44-,45-,46-,47+,48+,49+,50+,51+,56-,57-,58-/m1/s1. The largest absolute Gasteiger partial charge is 0.390 e. The van der Waals surface area contributed by atoms with Gasteiger partial charge in [0.05, 0.1) is 24.7 Å². The van der Waals surface area contributed by atoms with Crippen LogP contribution in [0.1, 0.15) is 175 Å². The molecule has 20 nitrogen and oxygen atoms in total. The average molecular weight is 1200 g/mol. The van der Waals surface area contributed by atoms with Crippen LogP contribution in [0.2, 0.25) is 0 Å². The molecular formula is C65H114N8O12. The number of aliphatic hydroxyl groups is 1. The van der Waals surface area contributed by atoms with Gasteiger partial charge in [0, 0.05) is 86.3 Å². The van der Waals surface area contributed by atoms with Gasteiger partial charge >= 0.3 is 0 Å². The Labute approximate surface area is 511 Å². The molecule has 1 aliphatic rings. The second kappa shape index (κ2) is 35.3. The summed E-state index contributed by atoms with van der Waals surface area (Å²) < 4.78 is 0. The Bertz CT molecular complexity index is 2320. The fourth-order valence-electron chi connectivity index (χ4n) is 11.5. The third kappa shape index (κ3) is 22.0. The number of carbonyl (C=O) groups excluding carboxylic acids is 11. The Balaban J connectivity index is 4.32. The number of nitrogens with zero attached hydrogens (tertiary/aromatic N) is 7. The molecule has 0 saturated carbocycles. The lowest BCUT2D eigenvalue weighted by atomic mass is 9.84. The Morgan fingerprint density at radius 2 is 0.918 bits per heavy atom. The van der Waals surface area contributed by atoms with Crippen LogP contribution in [0.5, 0.6) is 0 Å². The minimum Gasteiger partial charge on any atom is -0.390 e. The van der Waals surface area contributed by atoms with E-state index in [1.807, 2.05) is 68.4 Å². The number of Topliss-reactive ketones (excluding diaryl/α,β-unsaturated/α-hetero) is 3. The molecule has 8 amide bonds. The van der Waals surface area contributed by atoms with Crippen molar-refractivity contribution in [2.24, 2.45) is 59.2 Å². The number of nitrogens with one attached hydrogen (secondary N) is 1. The van der Waals surface area contributed by atoms with E-state index in [9.17, 15) is 48.3 Å². The van der Waals surface area contributed by atoms with Crippen LogP contribution in [0.15, 0.2) is 12.2 Å².